The third kappa shape index (κ3) is 3.59. The molecule has 1 unspecified atom stereocenters. The van der Waals surface area contributed by atoms with E-state index in [0.717, 1.165) is 30.7 Å². The average molecular weight is 367 g/mol. The van der Waals surface area contributed by atoms with Crippen molar-refractivity contribution in [1.82, 2.24) is 24.9 Å². The van der Waals surface area contributed by atoms with Gasteiger partial charge in [-0.15, -0.1) is 0 Å². The van der Waals surface area contributed by atoms with Gasteiger partial charge in [-0.1, -0.05) is 12.1 Å². The Balaban J connectivity index is 1.50. The molecule has 0 aromatic carbocycles. The monoisotopic (exact) mass is 367 g/mol. The highest BCUT2D eigenvalue weighted by atomic mass is 16.5. The Morgan fingerprint density at radius 2 is 2.15 bits per heavy atom. The molecule has 1 fully saturated rings. The summed E-state index contributed by atoms with van der Waals surface area (Å²) in [5.41, 5.74) is 4.12. The molecule has 27 heavy (non-hydrogen) atoms. The molecule has 0 radical (unpaired) electrons. The van der Waals surface area contributed by atoms with Crippen molar-refractivity contribution in [3.05, 3.63) is 41.2 Å². The Kier molecular flexibility index (Phi) is 4.68. The summed E-state index contributed by atoms with van der Waals surface area (Å²) >= 11 is 0. The first kappa shape index (κ1) is 17.7. The van der Waals surface area contributed by atoms with Crippen molar-refractivity contribution < 1.29 is 9.26 Å². The molecular weight excluding hydrogens is 342 g/mol. The number of aryl methyl sites for hydroxylation is 2. The van der Waals surface area contributed by atoms with Gasteiger partial charge in [0.25, 0.3) is 0 Å². The van der Waals surface area contributed by atoms with Gasteiger partial charge in [-0.2, -0.15) is 10.1 Å². The van der Waals surface area contributed by atoms with E-state index in [-0.39, 0.29) is 5.92 Å². The maximum Gasteiger partial charge on any atom is 0.230 e. The summed E-state index contributed by atoms with van der Waals surface area (Å²) in [7, 11) is 1.96. The Bertz CT molecular complexity index is 942. The summed E-state index contributed by atoms with van der Waals surface area (Å²) in [6.07, 6.45) is 6.34. The van der Waals surface area contributed by atoms with Crippen LogP contribution >= 0.6 is 0 Å². The zero-order valence-electron chi connectivity index (χ0n) is 16.3. The van der Waals surface area contributed by atoms with Gasteiger partial charge in [0.05, 0.1) is 11.8 Å². The van der Waals surface area contributed by atoms with E-state index < -0.39 is 0 Å². The average Bonchev–Trinajstić information content (AvgIpc) is 3.20. The van der Waals surface area contributed by atoms with Crippen molar-refractivity contribution in [3.8, 4) is 17.3 Å². The molecule has 3 aromatic rings. The Labute approximate surface area is 158 Å². The summed E-state index contributed by atoms with van der Waals surface area (Å²) in [6, 6.07) is 3.76. The van der Waals surface area contributed by atoms with Crippen LogP contribution in [-0.2, 0) is 13.5 Å². The van der Waals surface area contributed by atoms with Crippen LogP contribution in [-0.4, -0.2) is 31.0 Å². The first-order valence-electron chi connectivity index (χ1n) is 9.47. The van der Waals surface area contributed by atoms with Crippen LogP contribution < -0.4 is 4.74 Å². The van der Waals surface area contributed by atoms with Crippen LogP contribution in [0.25, 0.3) is 11.5 Å². The van der Waals surface area contributed by atoms with Gasteiger partial charge in [-0.3, -0.25) is 9.67 Å². The Morgan fingerprint density at radius 1 is 1.33 bits per heavy atom. The Morgan fingerprint density at radius 3 is 2.81 bits per heavy atom. The van der Waals surface area contributed by atoms with Crippen LogP contribution in [0.1, 0.15) is 54.9 Å². The fraction of sp³-hybridized carbons (Fsp3) is 0.500. The maximum atomic E-state index is 5.94. The topological polar surface area (TPSA) is 78.9 Å². The van der Waals surface area contributed by atoms with E-state index in [1.165, 1.54) is 17.7 Å². The van der Waals surface area contributed by atoms with Crippen molar-refractivity contribution >= 4 is 0 Å². The van der Waals surface area contributed by atoms with Gasteiger partial charge in [0.2, 0.25) is 11.7 Å². The summed E-state index contributed by atoms with van der Waals surface area (Å²) in [5.74, 6) is 2.02. The molecule has 0 aliphatic heterocycles. The van der Waals surface area contributed by atoms with Gasteiger partial charge in [0.15, 0.2) is 0 Å². The van der Waals surface area contributed by atoms with Crippen LogP contribution in [0.2, 0.25) is 0 Å². The lowest BCUT2D eigenvalue weighted by molar-refractivity contribution is 0.120. The standard InChI is InChI=1S/C20H25N5O2/c1-12(10-17-13(2)23-25(4)14(17)3)20-22-19(24-27-20)18-11-16(8-9-21-18)26-15-6-5-7-15/h8-9,11-12,15H,5-7,10H2,1-4H3. The predicted molar refractivity (Wildman–Crippen MR) is 101 cm³/mol. The predicted octanol–water partition coefficient (Wildman–Crippen LogP) is 3.76. The number of pyridine rings is 1. The van der Waals surface area contributed by atoms with Gasteiger partial charge in [-0.25, -0.2) is 0 Å². The molecule has 1 atom stereocenters. The fourth-order valence-corrected chi connectivity index (χ4v) is 3.33. The van der Waals surface area contributed by atoms with Crippen molar-refractivity contribution in [2.24, 2.45) is 7.05 Å². The lowest BCUT2D eigenvalue weighted by Crippen LogP contribution is -2.24. The van der Waals surface area contributed by atoms with Crippen molar-refractivity contribution in [2.75, 3.05) is 0 Å². The molecule has 0 saturated heterocycles. The van der Waals surface area contributed by atoms with Gasteiger partial charge < -0.3 is 9.26 Å². The first-order chi connectivity index (χ1) is 13.0. The van der Waals surface area contributed by atoms with Crippen LogP contribution in [0.5, 0.6) is 5.75 Å². The molecule has 4 rings (SSSR count). The normalized spacial score (nSPS) is 15.6. The molecule has 142 valence electrons. The van der Waals surface area contributed by atoms with Gasteiger partial charge in [0.1, 0.15) is 11.4 Å². The molecular formula is C20H25N5O2. The van der Waals surface area contributed by atoms with E-state index in [2.05, 4.69) is 34.1 Å². The largest absolute Gasteiger partial charge is 0.490 e. The molecule has 1 aliphatic rings. The number of aromatic nitrogens is 5. The van der Waals surface area contributed by atoms with E-state index in [1.807, 2.05) is 30.8 Å². The number of hydrogen-bond acceptors (Lipinski definition) is 6. The molecule has 0 bridgehead atoms. The Hall–Kier alpha value is -2.70. The second-order valence-electron chi connectivity index (χ2n) is 7.38. The highest BCUT2D eigenvalue weighted by Gasteiger charge is 2.22. The fourth-order valence-electron chi connectivity index (χ4n) is 3.33. The summed E-state index contributed by atoms with van der Waals surface area (Å²) < 4.78 is 13.4. The third-order valence-corrected chi connectivity index (χ3v) is 5.35. The lowest BCUT2D eigenvalue weighted by Gasteiger charge is -2.26. The summed E-state index contributed by atoms with van der Waals surface area (Å²) in [5, 5.41) is 8.61. The van der Waals surface area contributed by atoms with E-state index in [1.54, 1.807) is 6.20 Å². The van der Waals surface area contributed by atoms with Crippen LogP contribution in [0, 0.1) is 13.8 Å². The lowest BCUT2D eigenvalue weighted by atomic mass is 9.96. The summed E-state index contributed by atoms with van der Waals surface area (Å²) in [6.45, 7) is 6.21. The highest BCUT2D eigenvalue weighted by Crippen LogP contribution is 2.28. The second-order valence-corrected chi connectivity index (χ2v) is 7.38. The van der Waals surface area contributed by atoms with Crippen molar-refractivity contribution in [1.29, 1.82) is 0 Å². The SMILES string of the molecule is Cc1nn(C)c(C)c1CC(C)c1nc(-c2cc(OC3CCC3)ccn2)no1. The van der Waals surface area contributed by atoms with Gasteiger partial charge in [-0.05, 0) is 51.2 Å². The van der Waals surface area contributed by atoms with Gasteiger partial charge >= 0.3 is 0 Å². The molecule has 1 saturated carbocycles. The smallest absolute Gasteiger partial charge is 0.230 e. The van der Waals surface area contributed by atoms with E-state index >= 15 is 0 Å². The minimum absolute atomic E-state index is 0.0993. The minimum Gasteiger partial charge on any atom is -0.490 e. The zero-order valence-corrected chi connectivity index (χ0v) is 16.3. The van der Waals surface area contributed by atoms with E-state index in [0.29, 0.717) is 23.5 Å². The number of ether oxygens (including phenoxy) is 1. The maximum absolute atomic E-state index is 5.94. The highest BCUT2D eigenvalue weighted by molar-refractivity contribution is 5.51. The first-order valence-corrected chi connectivity index (χ1v) is 9.47. The van der Waals surface area contributed by atoms with E-state index in [4.69, 9.17) is 9.26 Å². The molecule has 0 amide bonds. The number of hydrogen-bond donors (Lipinski definition) is 0. The molecule has 7 nitrogen and oxygen atoms in total. The van der Waals surface area contributed by atoms with Crippen molar-refractivity contribution in [2.45, 2.75) is 58.5 Å². The quantitative estimate of drug-likeness (QED) is 0.660. The molecule has 7 heteroatoms. The van der Waals surface area contributed by atoms with Crippen LogP contribution in [0.4, 0.5) is 0 Å². The van der Waals surface area contributed by atoms with Crippen LogP contribution in [0.3, 0.4) is 0 Å². The number of nitrogens with zero attached hydrogens (tertiary/aromatic N) is 5. The van der Waals surface area contributed by atoms with Gasteiger partial charge in [0, 0.05) is 30.9 Å². The zero-order chi connectivity index (χ0) is 19.0. The third-order valence-electron chi connectivity index (χ3n) is 5.35. The molecule has 1 aliphatic carbocycles. The number of rotatable bonds is 6. The summed E-state index contributed by atoms with van der Waals surface area (Å²) in [4.78, 5) is 8.94. The van der Waals surface area contributed by atoms with Crippen molar-refractivity contribution in [3.63, 3.8) is 0 Å². The molecule has 0 N–H and O–H groups in total. The van der Waals surface area contributed by atoms with Crippen LogP contribution in [0.15, 0.2) is 22.9 Å². The molecule has 3 heterocycles. The second kappa shape index (κ2) is 7.13. The minimum atomic E-state index is 0.0993. The molecule has 0 spiro atoms. The molecule has 3 aromatic heterocycles. The van der Waals surface area contributed by atoms with E-state index in [9.17, 15) is 0 Å².